The van der Waals surface area contributed by atoms with Gasteiger partial charge in [0.15, 0.2) is 5.16 Å². The summed E-state index contributed by atoms with van der Waals surface area (Å²) in [5.41, 5.74) is 3.24. The predicted octanol–water partition coefficient (Wildman–Crippen LogP) is 3.89. The number of hydrogen-bond acceptors (Lipinski definition) is 6. The normalized spacial score (nSPS) is 11.0. The Bertz CT molecular complexity index is 1260. The summed E-state index contributed by atoms with van der Waals surface area (Å²) in [6.45, 7) is 2.38. The van der Waals surface area contributed by atoms with E-state index in [1.807, 2.05) is 61.5 Å². The van der Waals surface area contributed by atoms with E-state index in [4.69, 9.17) is 9.72 Å². The Balaban J connectivity index is 1.90. The van der Waals surface area contributed by atoms with Crippen LogP contribution in [-0.4, -0.2) is 32.8 Å². The quantitative estimate of drug-likeness (QED) is 0.376. The van der Waals surface area contributed by atoms with Crippen molar-refractivity contribution in [3.05, 3.63) is 76.3 Å². The van der Waals surface area contributed by atoms with Gasteiger partial charge in [-0.3, -0.25) is 9.55 Å². The molecule has 4 rings (SSSR count). The number of thioether (sulfide) groups is 1. The fourth-order valence-corrected chi connectivity index (χ4v) is 4.37. The summed E-state index contributed by atoms with van der Waals surface area (Å²) in [5, 5.41) is 7.98. The number of fused-ring (bicyclic) bond motifs is 1. The molecule has 0 bridgehead atoms. The molecule has 2 heterocycles. The van der Waals surface area contributed by atoms with Gasteiger partial charge in [-0.05, 0) is 18.6 Å². The molecule has 8 heteroatoms. The van der Waals surface area contributed by atoms with E-state index in [9.17, 15) is 9.59 Å². The molecule has 152 valence electrons. The zero-order chi connectivity index (χ0) is 21.1. The summed E-state index contributed by atoms with van der Waals surface area (Å²) in [7, 11) is 1.37. The number of aromatic nitrogens is 4. The molecular weight excluding hydrogens is 400 g/mol. The fraction of sp³-hybridized carbons (Fsp3) is 0.182. The zero-order valence-corrected chi connectivity index (χ0v) is 17.4. The molecule has 0 fully saturated rings. The van der Waals surface area contributed by atoms with Crippen LogP contribution in [0.5, 0.6) is 0 Å². The van der Waals surface area contributed by atoms with Crippen molar-refractivity contribution in [2.75, 3.05) is 7.11 Å². The van der Waals surface area contributed by atoms with Gasteiger partial charge >= 0.3 is 11.7 Å². The number of aromatic amines is 1. The van der Waals surface area contributed by atoms with Gasteiger partial charge in [0.1, 0.15) is 0 Å². The van der Waals surface area contributed by atoms with Crippen LogP contribution in [-0.2, 0) is 17.0 Å². The van der Waals surface area contributed by atoms with Gasteiger partial charge in [-0.2, -0.15) is 0 Å². The Morgan fingerprint density at radius 1 is 1.13 bits per heavy atom. The maximum absolute atomic E-state index is 12.9. The molecule has 0 saturated heterocycles. The molecule has 2 aromatic carbocycles. The van der Waals surface area contributed by atoms with E-state index in [0.29, 0.717) is 28.7 Å². The van der Waals surface area contributed by atoms with Crippen LogP contribution in [0, 0.1) is 0 Å². The molecule has 0 amide bonds. The fourth-order valence-electron chi connectivity index (χ4n) is 3.42. The molecule has 2 aromatic heterocycles. The number of H-pyrrole nitrogens is 1. The number of esters is 1. The van der Waals surface area contributed by atoms with Gasteiger partial charge in [-0.25, -0.2) is 14.7 Å². The third kappa shape index (κ3) is 3.61. The van der Waals surface area contributed by atoms with Crippen molar-refractivity contribution in [2.24, 2.45) is 0 Å². The molecular formula is C22H20N4O3S. The lowest BCUT2D eigenvalue weighted by Crippen LogP contribution is -2.16. The van der Waals surface area contributed by atoms with Crippen molar-refractivity contribution in [1.29, 1.82) is 0 Å². The van der Waals surface area contributed by atoms with Crippen LogP contribution in [0.1, 0.15) is 23.0 Å². The Morgan fingerprint density at radius 2 is 1.87 bits per heavy atom. The lowest BCUT2D eigenvalue weighted by Gasteiger charge is -2.16. The molecule has 0 atom stereocenters. The molecule has 0 spiro atoms. The van der Waals surface area contributed by atoms with E-state index < -0.39 is 5.97 Å². The van der Waals surface area contributed by atoms with Crippen LogP contribution in [0.3, 0.4) is 0 Å². The summed E-state index contributed by atoms with van der Waals surface area (Å²) in [6, 6.07) is 17.5. The van der Waals surface area contributed by atoms with Gasteiger partial charge < -0.3 is 4.74 Å². The largest absolute Gasteiger partial charge is 0.465 e. The van der Waals surface area contributed by atoms with E-state index in [2.05, 4.69) is 10.2 Å². The topological polar surface area (TPSA) is 89.9 Å². The second-order valence-electron chi connectivity index (χ2n) is 6.53. The van der Waals surface area contributed by atoms with Gasteiger partial charge in [-0.15, -0.1) is 5.10 Å². The number of carbonyl (C=O) groups is 1. The maximum atomic E-state index is 12.9. The van der Waals surface area contributed by atoms with E-state index >= 15 is 0 Å². The van der Waals surface area contributed by atoms with Crippen molar-refractivity contribution in [3.63, 3.8) is 0 Å². The predicted molar refractivity (Wildman–Crippen MR) is 117 cm³/mol. The first-order valence-electron chi connectivity index (χ1n) is 9.47. The number of carbonyl (C=O) groups excluding carboxylic acids is 1. The van der Waals surface area contributed by atoms with Gasteiger partial charge in [-0.1, -0.05) is 60.3 Å². The number of hydrogen-bond donors (Lipinski definition) is 1. The Morgan fingerprint density at radius 3 is 2.60 bits per heavy atom. The molecule has 0 aliphatic carbocycles. The number of nitrogens with zero attached hydrogens (tertiary/aromatic N) is 3. The third-order valence-corrected chi connectivity index (χ3v) is 5.78. The monoisotopic (exact) mass is 420 g/mol. The summed E-state index contributed by atoms with van der Waals surface area (Å²) in [4.78, 5) is 29.5. The maximum Gasteiger partial charge on any atom is 0.343 e. The molecule has 0 aliphatic heterocycles. The third-order valence-electron chi connectivity index (χ3n) is 4.80. The summed E-state index contributed by atoms with van der Waals surface area (Å²) >= 11 is 1.35. The molecule has 0 radical (unpaired) electrons. The van der Waals surface area contributed by atoms with Crippen molar-refractivity contribution < 1.29 is 9.53 Å². The van der Waals surface area contributed by atoms with Gasteiger partial charge in [0.2, 0.25) is 0 Å². The molecule has 4 aromatic rings. The van der Waals surface area contributed by atoms with Gasteiger partial charge in [0.25, 0.3) is 0 Å². The minimum atomic E-state index is -0.447. The van der Waals surface area contributed by atoms with Crippen LogP contribution < -0.4 is 5.69 Å². The number of ether oxygens (including phenoxy) is 1. The Hall–Kier alpha value is -3.39. The average molecular weight is 420 g/mol. The number of nitrogens with one attached hydrogen (secondary N) is 1. The second-order valence-corrected chi connectivity index (χ2v) is 7.47. The lowest BCUT2D eigenvalue weighted by molar-refractivity contribution is 0.0600. The molecule has 30 heavy (non-hydrogen) atoms. The molecule has 7 nitrogen and oxygen atoms in total. The van der Waals surface area contributed by atoms with Crippen LogP contribution in [0.2, 0.25) is 0 Å². The average Bonchev–Trinajstić information content (AvgIpc) is 3.15. The van der Waals surface area contributed by atoms with E-state index in [0.717, 1.165) is 22.0 Å². The smallest absolute Gasteiger partial charge is 0.343 e. The highest BCUT2D eigenvalue weighted by atomic mass is 32.2. The molecule has 0 aliphatic rings. The number of para-hydroxylation sites is 1. The van der Waals surface area contributed by atoms with Crippen LogP contribution in [0.4, 0.5) is 0 Å². The second kappa shape index (κ2) is 8.54. The first kappa shape index (κ1) is 19.9. The highest BCUT2D eigenvalue weighted by Crippen LogP contribution is 2.35. The number of rotatable bonds is 6. The van der Waals surface area contributed by atoms with Crippen molar-refractivity contribution in [2.45, 2.75) is 24.4 Å². The van der Waals surface area contributed by atoms with Crippen molar-refractivity contribution >= 4 is 28.6 Å². The molecule has 0 saturated carbocycles. The number of methoxy groups -OCH3 is 1. The summed E-state index contributed by atoms with van der Waals surface area (Å²) in [6.07, 6.45) is 0. The summed E-state index contributed by atoms with van der Waals surface area (Å²) < 4.78 is 6.67. The Kier molecular flexibility index (Phi) is 5.67. The minimum Gasteiger partial charge on any atom is -0.465 e. The van der Waals surface area contributed by atoms with Gasteiger partial charge in [0.05, 0.1) is 23.9 Å². The SMILES string of the molecule is CCn1c(SCc2nc3ccccc3c(-c3ccccc3)c2C(=O)OC)n[nH]c1=O. The highest BCUT2D eigenvalue weighted by Gasteiger charge is 2.23. The zero-order valence-electron chi connectivity index (χ0n) is 16.6. The summed E-state index contributed by atoms with van der Waals surface area (Å²) in [5.74, 6) is -0.0861. The molecule has 0 unspecified atom stereocenters. The van der Waals surface area contributed by atoms with E-state index in [-0.39, 0.29) is 5.69 Å². The first-order valence-corrected chi connectivity index (χ1v) is 10.5. The van der Waals surface area contributed by atoms with E-state index in [1.54, 1.807) is 4.57 Å². The van der Waals surface area contributed by atoms with Crippen molar-refractivity contribution in [3.8, 4) is 11.1 Å². The van der Waals surface area contributed by atoms with E-state index in [1.165, 1.54) is 18.9 Å². The van der Waals surface area contributed by atoms with Gasteiger partial charge in [0, 0.05) is 23.2 Å². The molecule has 1 N–H and O–H groups in total. The first-order chi connectivity index (χ1) is 14.6. The van der Waals surface area contributed by atoms with Crippen LogP contribution in [0.25, 0.3) is 22.0 Å². The number of pyridine rings is 1. The van der Waals surface area contributed by atoms with Crippen LogP contribution >= 0.6 is 11.8 Å². The standard InChI is InChI=1S/C22H20N4O3S/c1-3-26-21(28)24-25-22(26)30-13-17-19(20(27)29-2)18(14-9-5-4-6-10-14)15-11-7-8-12-16(15)23-17/h4-12H,3,13H2,1-2H3,(H,24,28). The number of benzene rings is 2. The lowest BCUT2D eigenvalue weighted by atomic mass is 9.94. The van der Waals surface area contributed by atoms with Crippen molar-refractivity contribution in [1.82, 2.24) is 19.7 Å². The Labute approximate surface area is 177 Å². The minimum absolute atomic E-state index is 0.260. The highest BCUT2D eigenvalue weighted by molar-refractivity contribution is 7.98. The van der Waals surface area contributed by atoms with Crippen LogP contribution in [0.15, 0.2) is 64.5 Å².